The normalized spacial score (nSPS) is 6.50. The summed E-state index contributed by atoms with van der Waals surface area (Å²) in [5.41, 5.74) is 0. The van der Waals surface area contributed by atoms with E-state index in [0.29, 0.717) is 0 Å². The monoisotopic (exact) mass is 79.0 g/mol. The van der Waals surface area contributed by atoms with Crippen molar-refractivity contribution in [2.24, 2.45) is 0 Å². The van der Waals surface area contributed by atoms with Crippen LogP contribution in [0.2, 0.25) is 0 Å². The van der Waals surface area contributed by atoms with Crippen LogP contribution in [0.4, 0.5) is 0 Å². The van der Waals surface area contributed by atoms with E-state index in [1.165, 1.54) is 6.92 Å². The average molecular weight is 79.5 g/mol. The molecule has 0 unspecified atom stereocenters. The molecule has 24 valence electrons. The maximum absolute atomic E-state index is 9.26. The lowest BCUT2D eigenvalue weighted by Crippen LogP contribution is -1.72. The van der Waals surface area contributed by atoms with Gasteiger partial charge >= 0.3 is 5.24 Å². The number of hydrogen-bond acceptors (Lipinski definition) is 1. The van der Waals surface area contributed by atoms with Gasteiger partial charge in [-0.3, -0.25) is 0 Å². The standard InChI is InChI=1S/C2H4ClO/c1-2(3)4/h3H,1H3/q+1. The van der Waals surface area contributed by atoms with Gasteiger partial charge in [-0.2, -0.15) is 0 Å². The van der Waals surface area contributed by atoms with Crippen LogP contribution in [-0.2, 0) is 4.79 Å². The predicted octanol–water partition coefficient (Wildman–Crippen LogP) is -0.185. The zero-order valence-electron chi connectivity index (χ0n) is 2.32. The van der Waals surface area contributed by atoms with Gasteiger partial charge in [-0.05, 0) is 0 Å². The lowest BCUT2D eigenvalue weighted by molar-refractivity contribution is -0.302. The Bertz CT molecular complexity index is 29.0. The summed E-state index contributed by atoms with van der Waals surface area (Å²) in [6, 6.07) is 0. The Morgan fingerprint density at radius 2 is 2.00 bits per heavy atom. The fourth-order valence-electron chi connectivity index (χ4n) is 0. The molecule has 0 aromatic rings. The molecule has 0 aliphatic carbocycles. The molecule has 0 atom stereocenters. The van der Waals surface area contributed by atoms with E-state index in [0.717, 1.165) is 0 Å². The Balaban J connectivity index is 2.80. The SMILES string of the molecule is CC(=O)[ClH+]. The van der Waals surface area contributed by atoms with Gasteiger partial charge in [-0.15, -0.1) is 0 Å². The molecule has 0 saturated heterocycles. The average Bonchev–Trinajstić information content (AvgIpc) is 0.811. The minimum Gasteiger partial charge on any atom is -0.226 e. The first kappa shape index (κ1) is 3.96. The fourth-order valence-corrected chi connectivity index (χ4v) is 0. The third-order valence-electron chi connectivity index (χ3n) is 0. The molecule has 1 nitrogen and oxygen atoms in total. The van der Waals surface area contributed by atoms with E-state index in [2.05, 4.69) is 11.6 Å². The molecule has 0 saturated carbocycles. The Kier molecular flexibility index (Phi) is 1.28. The zero-order chi connectivity index (χ0) is 3.58. The van der Waals surface area contributed by atoms with Crippen LogP contribution >= 0.6 is 0 Å². The van der Waals surface area contributed by atoms with Crippen molar-refractivity contribution in [1.29, 1.82) is 0 Å². The van der Waals surface area contributed by atoms with Crippen LogP contribution in [0, 0.1) is 11.6 Å². The van der Waals surface area contributed by atoms with E-state index in [1.807, 2.05) is 0 Å². The van der Waals surface area contributed by atoms with E-state index in [9.17, 15) is 4.79 Å². The number of rotatable bonds is 0. The Labute approximate surface area is 29.6 Å². The Morgan fingerprint density at radius 1 is 2.00 bits per heavy atom. The predicted molar refractivity (Wildman–Crippen MR) is 12.1 cm³/mol. The van der Waals surface area contributed by atoms with Crippen molar-refractivity contribution in [3.05, 3.63) is 0 Å². The largest absolute Gasteiger partial charge is 0.396 e. The molecule has 0 amide bonds. The highest BCUT2D eigenvalue weighted by Gasteiger charge is 1.82. The summed E-state index contributed by atoms with van der Waals surface area (Å²) in [4.78, 5) is 9.26. The van der Waals surface area contributed by atoms with Crippen molar-refractivity contribution < 1.29 is 16.4 Å². The first-order valence-electron chi connectivity index (χ1n) is 0.908. The van der Waals surface area contributed by atoms with Crippen LogP contribution in [0.1, 0.15) is 6.92 Å². The minimum absolute atomic E-state index is 0.250. The summed E-state index contributed by atoms with van der Waals surface area (Å²) in [5.74, 6) is 0. The quantitative estimate of drug-likeness (QED) is 0.368. The molecule has 0 aromatic carbocycles. The van der Waals surface area contributed by atoms with Crippen LogP contribution in [0.5, 0.6) is 0 Å². The van der Waals surface area contributed by atoms with Crippen molar-refractivity contribution in [3.8, 4) is 0 Å². The molecule has 0 aliphatic heterocycles. The Hall–Kier alpha value is -0.0400. The molecular weight excluding hydrogens is 75.5 g/mol. The van der Waals surface area contributed by atoms with Gasteiger partial charge in [0, 0.05) is 0 Å². The topological polar surface area (TPSA) is 17.1 Å². The number of halogens is 1. The van der Waals surface area contributed by atoms with E-state index in [1.54, 1.807) is 0 Å². The molecule has 2 heteroatoms. The summed E-state index contributed by atoms with van der Waals surface area (Å²) >= 11 is 3.98. The van der Waals surface area contributed by atoms with Gasteiger partial charge < -0.3 is 0 Å². The third kappa shape index (κ3) is 1130. The Morgan fingerprint density at radius 3 is 2.00 bits per heavy atom. The maximum atomic E-state index is 9.26. The van der Waals surface area contributed by atoms with E-state index < -0.39 is 0 Å². The van der Waals surface area contributed by atoms with Crippen LogP contribution in [0.3, 0.4) is 0 Å². The molecule has 0 heterocycles. The van der Waals surface area contributed by atoms with Crippen LogP contribution in [0.15, 0.2) is 0 Å². The van der Waals surface area contributed by atoms with Crippen molar-refractivity contribution >= 4 is 5.24 Å². The lowest BCUT2D eigenvalue weighted by atomic mass is 10.9. The number of carbonyl (C=O) groups excluding carboxylic acids is 1. The first-order valence-corrected chi connectivity index (χ1v) is 1.32. The molecule has 0 fully saturated rings. The van der Waals surface area contributed by atoms with Gasteiger partial charge in [0.05, 0.1) is 6.92 Å². The van der Waals surface area contributed by atoms with Crippen molar-refractivity contribution in [2.45, 2.75) is 6.92 Å². The van der Waals surface area contributed by atoms with E-state index >= 15 is 0 Å². The zero-order valence-corrected chi connectivity index (χ0v) is 3.13. The first-order chi connectivity index (χ1) is 1.73. The summed E-state index contributed by atoms with van der Waals surface area (Å²) in [7, 11) is 0. The molecule has 0 radical (unpaired) electrons. The summed E-state index contributed by atoms with van der Waals surface area (Å²) in [6.45, 7) is 1.34. The van der Waals surface area contributed by atoms with Crippen molar-refractivity contribution in [2.75, 3.05) is 0 Å². The third-order valence-corrected chi connectivity index (χ3v) is 0. The highest BCUT2D eigenvalue weighted by molar-refractivity contribution is 5.60. The van der Waals surface area contributed by atoms with Crippen LogP contribution in [-0.4, -0.2) is 5.24 Å². The second kappa shape index (κ2) is 1.30. The van der Waals surface area contributed by atoms with Crippen LogP contribution < -0.4 is 0 Å². The molecule has 0 aromatic heterocycles. The number of carbonyl (C=O) groups is 1. The van der Waals surface area contributed by atoms with Gasteiger partial charge in [0.25, 0.3) is 0 Å². The van der Waals surface area contributed by atoms with Gasteiger partial charge in [0.1, 0.15) is 0 Å². The van der Waals surface area contributed by atoms with E-state index in [4.69, 9.17) is 0 Å². The summed E-state index contributed by atoms with van der Waals surface area (Å²) in [6.07, 6.45) is 0. The molecule has 4 heavy (non-hydrogen) atoms. The molecule has 0 rings (SSSR count). The second-order valence-corrected chi connectivity index (χ2v) is 1.07. The second-order valence-electron chi connectivity index (χ2n) is 0.492. The molecule has 0 bridgehead atoms. The smallest absolute Gasteiger partial charge is 0.226 e. The highest BCUT2D eigenvalue weighted by Crippen LogP contribution is 1.47. The van der Waals surface area contributed by atoms with Gasteiger partial charge in [0.2, 0.25) is 0 Å². The van der Waals surface area contributed by atoms with Gasteiger partial charge in [0.15, 0.2) is 11.6 Å². The van der Waals surface area contributed by atoms with Crippen LogP contribution in [0.25, 0.3) is 0 Å². The summed E-state index contributed by atoms with van der Waals surface area (Å²) < 4.78 is 0. The van der Waals surface area contributed by atoms with Crippen molar-refractivity contribution in [1.82, 2.24) is 0 Å². The molecular formula is C2H4ClO+. The van der Waals surface area contributed by atoms with Gasteiger partial charge in [-0.25, -0.2) is 4.79 Å². The number of hydrogen-bond donors (Lipinski definition) is 0. The molecule has 0 aliphatic rings. The van der Waals surface area contributed by atoms with Gasteiger partial charge in [-0.1, -0.05) is 0 Å². The fraction of sp³-hybridized carbons (Fsp3) is 0.500. The van der Waals surface area contributed by atoms with E-state index in [-0.39, 0.29) is 5.24 Å². The maximum Gasteiger partial charge on any atom is 0.396 e. The molecule has 0 N–H and O–H groups in total. The summed E-state index contributed by atoms with van der Waals surface area (Å²) in [5, 5.41) is -0.250. The highest BCUT2D eigenvalue weighted by atomic mass is 35.5. The lowest BCUT2D eigenvalue weighted by Gasteiger charge is -1.37. The minimum atomic E-state index is -0.250. The van der Waals surface area contributed by atoms with Crippen molar-refractivity contribution in [3.63, 3.8) is 0 Å². The molecule has 0 spiro atoms.